The molecule has 0 aromatic heterocycles. The maximum atomic E-state index is 11.9. The van der Waals surface area contributed by atoms with Crippen LogP contribution in [0.15, 0.2) is 0 Å². The molecule has 1 fully saturated rings. The summed E-state index contributed by atoms with van der Waals surface area (Å²) in [7, 11) is 1.85. The van der Waals surface area contributed by atoms with Gasteiger partial charge in [-0.05, 0) is 32.7 Å². The van der Waals surface area contributed by atoms with Crippen LogP contribution < -0.4 is 0 Å². The third kappa shape index (κ3) is 3.45. The number of unbranched alkanes of at least 4 members (excludes halogenated alkanes) is 2. The first-order chi connectivity index (χ1) is 7.16. The van der Waals surface area contributed by atoms with Gasteiger partial charge in [-0.2, -0.15) is 0 Å². The average molecular weight is 216 g/mol. The Morgan fingerprint density at radius 1 is 1.33 bits per heavy atom. The summed E-state index contributed by atoms with van der Waals surface area (Å²) in [5.74, 6) is 0.201. The number of piperazine rings is 1. The third-order valence-corrected chi connectivity index (χ3v) is 3.08. The summed E-state index contributed by atoms with van der Waals surface area (Å²) in [5, 5.41) is 0. The topological polar surface area (TPSA) is 23.6 Å². The fourth-order valence-electron chi connectivity index (χ4n) is 1.95. The number of halogens is 1. The van der Waals surface area contributed by atoms with Crippen molar-refractivity contribution in [1.29, 1.82) is 0 Å². The fourth-order valence-corrected chi connectivity index (χ4v) is 1.95. The number of carbonyl (C=O) groups excluding carboxylic acids is 1. The maximum Gasteiger partial charge on any atom is 0.239 e. The fraction of sp³-hybridized carbons (Fsp3) is 0.909. The van der Waals surface area contributed by atoms with Crippen LogP contribution in [0.3, 0.4) is 0 Å². The van der Waals surface area contributed by atoms with E-state index in [1.807, 2.05) is 14.0 Å². The average Bonchev–Trinajstić information content (AvgIpc) is 2.24. The van der Waals surface area contributed by atoms with Gasteiger partial charge in [0.2, 0.25) is 5.91 Å². The van der Waals surface area contributed by atoms with Gasteiger partial charge in [-0.25, -0.2) is 0 Å². The molecule has 0 bridgehead atoms. The Morgan fingerprint density at radius 3 is 2.73 bits per heavy atom. The first kappa shape index (κ1) is 12.4. The molecule has 1 aliphatic heterocycles. The number of amides is 1. The molecule has 88 valence electrons. The summed E-state index contributed by atoms with van der Waals surface area (Å²) in [4.78, 5) is 15.6. The van der Waals surface area contributed by atoms with Crippen molar-refractivity contribution < 1.29 is 9.18 Å². The first-order valence-electron chi connectivity index (χ1n) is 5.72. The zero-order chi connectivity index (χ0) is 11.3. The van der Waals surface area contributed by atoms with Crippen LogP contribution in [-0.4, -0.2) is 55.1 Å². The zero-order valence-electron chi connectivity index (χ0n) is 9.71. The van der Waals surface area contributed by atoms with Gasteiger partial charge in [0, 0.05) is 20.1 Å². The van der Waals surface area contributed by atoms with E-state index in [0.29, 0.717) is 6.42 Å². The normalized spacial score (nSPS) is 23.5. The molecule has 0 aliphatic carbocycles. The van der Waals surface area contributed by atoms with E-state index < -0.39 is 0 Å². The summed E-state index contributed by atoms with van der Waals surface area (Å²) >= 11 is 0. The number of carbonyl (C=O) groups is 1. The van der Waals surface area contributed by atoms with E-state index in [4.69, 9.17) is 0 Å². The number of rotatable bonds is 5. The smallest absolute Gasteiger partial charge is 0.239 e. The Labute approximate surface area is 91.2 Å². The Kier molecular flexibility index (Phi) is 5.02. The molecule has 0 saturated carbocycles. The summed E-state index contributed by atoms with van der Waals surface area (Å²) in [5.41, 5.74) is 0. The second kappa shape index (κ2) is 6.05. The zero-order valence-corrected chi connectivity index (χ0v) is 9.71. The molecule has 1 heterocycles. The monoisotopic (exact) mass is 216 g/mol. The molecule has 1 aliphatic rings. The Balaban J connectivity index is 2.27. The van der Waals surface area contributed by atoms with Gasteiger partial charge < -0.3 is 4.90 Å². The molecule has 0 aromatic carbocycles. The number of likely N-dealkylation sites (N-methyl/N-ethyl adjacent to an activating group) is 1. The lowest BCUT2D eigenvalue weighted by atomic mass is 10.1. The number of hydrogen-bond acceptors (Lipinski definition) is 2. The summed E-state index contributed by atoms with van der Waals surface area (Å²) < 4.78 is 11.9. The molecule has 0 aromatic rings. The predicted octanol–water partition coefficient (Wildman–Crippen LogP) is 1.29. The van der Waals surface area contributed by atoms with Crippen molar-refractivity contribution in [1.82, 2.24) is 9.80 Å². The van der Waals surface area contributed by atoms with Gasteiger partial charge in [-0.15, -0.1) is 0 Å². The number of alkyl halides is 1. The molecular formula is C11H21FN2O. The minimum atomic E-state index is -0.225. The molecule has 1 saturated heterocycles. The quantitative estimate of drug-likeness (QED) is 0.646. The largest absolute Gasteiger partial charge is 0.343 e. The minimum absolute atomic E-state index is 0.00544. The lowest BCUT2D eigenvalue weighted by Gasteiger charge is -2.37. The lowest BCUT2D eigenvalue weighted by Crippen LogP contribution is -2.54. The van der Waals surface area contributed by atoms with Crippen LogP contribution >= 0.6 is 0 Å². The van der Waals surface area contributed by atoms with E-state index in [0.717, 1.165) is 32.5 Å². The van der Waals surface area contributed by atoms with Gasteiger partial charge in [0.1, 0.15) is 0 Å². The SMILES string of the molecule is C[C@H]1C(=O)N(C)CCN1CCCCCF. The standard InChI is InChI=1S/C11H21FN2O/c1-10-11(15)13(2)8-9-14(10)7-5-3-4-6-12/h10H,3-9H2,1-2H3/t10-/m0/s1. The summed E-state index contributed by atoms with van der Waals surface area (Å²) in [6.45, 7) is 4.40. The minimum Gasteiger partial charge on any atom is -0.343 e. The highest BCUT2D eigenvalue weighted by Gasteiger charge is 2.28. The first-order valence-corrected chi connectivity index (χ1v) is 5.72. The van der Waals surface area contributed by atoms with Gasteiger partial charge in [-0.3, -0.25) is 14.1 Å². The number of hydrogen-bond donors (Lipinski definition) is 0. The molecule has 0 spiro atoms. The van der Waals surface area contributed by atoms with Crippen molar-refractivity contribution in [2.24, 2.45) is 0 Å². The molecule has 1 rings (SSSR count). The molecule has 0 N–H and O–H groups in total. The maximum absolute atomic E-state index is 11.9. The van der Waals surface area contributed by atoms with Crippen LogP contribution in [-0.2, 0) is 4.79 Å². The molecular weight excluding hydrogens is 195 g/mol. The number of nitrogens with zero attached hydrogens (tertiary/aromatic N) is 2. The Morgan fingerprint density at radius 2 is 2.07 bits per heavy atom. The van der Waals surface area contributed by atoms with Crippen molar-refractivity contribution in [3.05, 3.63) is 0 Å². The molecule has 1 amide bonds. The molecule has 0 unspecified atom stereocenters. The Bertz CT molecular complexity index is 211. The highest BCUT2D eigenvalue weighted by Crippen LogP contribution is 2.11. The van der Waals surface area contributed by atoms with Gasteiger partial charge in [0.25, 0.3) is 0 Å². The van der Waals surface area contributed by atoms with E-state index in [9.17, 15) is 9.18 Å². The van der Waals surface area contributed by atoms with Gasteiger partial charge in [0.05, 0.1) is 12.7 Å². The van der Waals surface area contributed by atoms with E-state index >= 15 is 0 Å². The van der Waals surface area contributed by atoms with Crippen molar-refractivity contribution in [2.75, 3.05) is 33.4 Å². The van der Waals surface area contributed by atoms with E-state index in [2.05, 4.69) is 4.90 Å². The van der Waals surface area contributed by atoms with Crippen LogP contribution in [0.25, 0.3) is 0 Å². The molecule has 4 heteroatoms. The van der Waals surface area contributed by atoms with Crippen molar-refractivity contribution in [3.63, 3.8) is 0 Å². The molecule has 1 atom stereocenters. The predicted molar refractivity (Wildman–Crippen MR) is 58.5 cm³/mol. The van der Waals surface area contributed by atoms with Crippen LogP contribution in [0.1, 0.15) is 26.2 Å². The van der Waals surface area contributed by atoms with E-state index in [-0.39, 0.29) is 18.6 Å². The lowest BCUT2D eigenvalue weighted by molar-refractivity contribution is -0.139. The summed E-state index contributed by atoms with van der Waals surface area (Å²) in [6.07, 6.45) is 2.56. The van der Waals surface area contributed by atoms with Crippen LogP contribution in [0.2, 0.25) is 0 Å². The summed E-state index contributed by atoms with van der Waals surface area (Å²) in [6, 6.07) is -0.00544. The second-order valence-electron chi connectivity index (χ2n) is 4.22. The van der Waals surface area contributed by atoms with Crippen LogP contribution in [0.4, 0.5) is 4.39 Å². The van der Waals surface area contributed by atoms with Crippen LogP contribution in [0.5, 0.6) is 0 Å². The molecule has 0 radical (unpaired) electrons. The van der Waals surface area contributed by atoms with Crippen molar-refractivity contribution >= 4 is 5.91 Å². The van der Waals surface area contributed by atoms with Crippen molar-refractivity contribution in [2.45, 2.75) is 32.2 Å². The van der Waals surface area contributed by atoms with Gasteiger partial charge >= 0.3 is 0 Å². The second-order valence-corrected chi connectivity index (χ2v) is 4.22. The molecule has 3 nitrogen and oxygen atoms in total. The van der Waals surface area contributed by atoms with Crippen molar-refractivity contribution in [3.8, 4) is 0 Å². The Hall–Kier alpha value is -0.640. The highest BCUT2D eigenvalue weighted by molar-refractivity contribution is 5.81. The highest BCUT2D eigenvalue weighted by atomic mass is 19.1. The van der Waals surface area contributed by atoms with Gasteiger partial charge in [0.15, 0.2) is 0 Å². The molecule has 15 heavy (non-hydrogen) atoms. The van der Waals surface area contributed by atoms with E-state index in [1.165, 1.54) is 0 Å². The van der Waals surface area contributed by atoms with Gasteiger partial charge in [-0.1, -0.05) is 0 Å². The van der Waals surface area contributed by atoms with Crippen LogP contribution in [0, 0.1) is 0 Å². The third-order valence-electron chi connectivity index (χ3n) is 3.08. The van der Waals surface area contributed by atoms with E-state index in [1.54, 1.807) is 4.90 Å².